The second-order valence-corrected chi connectivity index (χ2v) is 7.52. The molecule has 1 aromatic heterocycles. The van der Waals surface area contributed by atoms with Gasteiger partial charge in [-0.15, -0.1) is 11.3 Å². The zero-order valence-electron chi connectivity index (χ0n) is 11.8. The van der Waals surface area contributed by atoms with Crippen LogP contribution in [0.15, 0.2) is 29.2 Å². The third-order valence-electron chi connectivity index (χ3n) is 2.94. The fourth-order valence-corrected chi connectivity index (χ4v) is 4.10. The molecule has 0 amide bonds. The normalized spacial score (nSPS) is 11.3. The van der Waals surface area contributed by atoms with Gasteiger partial charge in [0.25, 0.3) is 0 Å². The van der Waals surface area contributed by atoms with Crippen molar-refractivity contribution in [2.75, 3.05) is 6.54 Å². The molecule has 2 rings (SSSR count). The molecule has 0 saturated carbocycles. The smallest absolute Gasteiger partial charge is 0.241 e. The minimum absolute atomic E-state index is 0.0182. The number of nitrogens with one attached hydrogen (secondary N) is 1. The van der Waals surface area contributed by atoms with E-state index in [0.717, 1.165) is 15.6 Å². The van der Waals surface area contributed by atoms with E-state index >= 15 is 0 Å². The summed E-state index contributed by atoms with van der Waals surface area (Å²) in [5.41, 5.74) is 1.09. The van der Waals surface area contributed by atoms with Crippen molar-refractivity contribution in [3.8, 4) is 6.07 Å². The van der Waals surface area contributed by atoms with E-state index < -0.39 is 10.0 Å². The Morgan fingerprint density at radius 1 is 1.33 bits per heavy atom. The van der Waals surface area contributed by atoms with Gasteiger partial charge in [0.2, 0.25) is 10.0 Å². The quantitative estimate of drug-likeness (QED) is 0.914. The first kappa shape index (κ1) is 15.6. The summed E-state index contributed by atoms with van der Waals surface area (Å²) < 4.78 is 27.0. The van der Waals surface area contributed by atoms with Crippen LogP contribution in [0.25, 0.3) is 0 Å². The molecule has 0 aliphatic rings. The van der Waals surface area contributed by atoms with Gasteiger partial charge in [-0.25, -0.2) is 18.1 Å². The highest BCUT2D eigenvalue weighted by atomic mass is 32.2. The Balaban J connectivity index is 2.09. The van der Waals surface area contributed by atoms with E-state index in [1.165, 1.54) is 12.1 Å². The summed E-state index contributed by atoms with van der Waals surface area (Å²) >= 11 is 1.57. The zero-order chi connectivity index (χ0) is 15.5. The predicted molar refractivity (Wildman–Crippen MR) is 81.6 cm³/mol. The number of nitriles is 1. The average molecular weight is 321 g/mol. The van der Waals surface area contributed by atoms with Crippen molar-refractivity contribution in [3.05, 3.63) is 45.4 Å². The monoisotopic (exact) mass is 321 g/mol. The minimum Gasteiger partial charge on any atom is -0.247 e. The second-order valence-electron chi connectivity index (χ2n) is 4.50. The van der Waals surface area contributed by atoms with E-state index in [0.29, 0.717) is 6.42 Å². The van der Waals surface area contributed by atoms with Gasteiger partial charge < -0.3 is 0 Å². The van der Waals surface area contributed by atoms with Crippen molar-refractivity contribution in [2.45, 2.75) is 25.2 Å². The molecule has 0 atom stereocenters. The molecule has 0 spiro atoms. The van der Waals surface area contributed by atoms with Gasteiger partial charge in [-0.3, -0.25) is 0 Å². The number of nitrogens with zero attached hydrogens (tertiary/aromatic N) is 2. The molecule has 0 saturated heterocycles. The molecule has 0 radical (unpaired) electrons. The van der Waals surface area contributed by atoms with Crippen LogP contribution in [0, 0.1) is 25.2 Å². The predicted octanol–water partition coefficient (Wildman–Crippen LogP) is 2.15. The fraction of sp³-hybridized carbons (Fsp3) is 0.286. The van der Waals surface area contributed by atoms with Gasteiger partial charge in [-0.05, 0) is 32.4 Å². The third-order valence-corrected chi connectivity index (χ3v) is 5.59. The Morgan fingerprint density at radius 3 is 2.67 bits per heavy atom. The molecule has 5 nitrogen and oxygen atoms in total. The molecule has 0 unspecified atom stereocenters. The number of hydrogen-bond donors (Lipinski definition) is 1. The zero-order valence-corrected chi connectivity index (χ0v) is 13.4. The number of aromatic nitrogens is 1. The van der Waals surface area contributed by atoms with Crippen LogP contribution in [-0.2, 0) is 16.4 Å². The second kappa shape index (κ2) is 6.35. The van der Waals surface area contributed by atoms with Crippen molar-refractivity contribution in [1.82, 2.24) is 9.71 Å². The van der Waals surface area contributed by atoms with Crippen molar-refractivity contribution in [3.63, 3.8) is 0 Å². The van der Waals surface area contributed by atoms with Gasteiger partial charge in [0, 0.05) is 11.4 Å². The highest BCUT2D eigenvalue weighted by molar-refractivity contribution is 7.89. The van der Waals surface area contributed by atoms with E-state index in [2.05, 4.69) is 9.71 Å². The molecule has 1 N–H and O–H groups in total. The molecule has 0 aliphatic heterocycles. The molecule has 1 aromatic carbocycles. The molecular formula is C14H15N3O2S2. The summed E-state index contributed by atoms with van der Waals surface area (Å²) in [6.45, 7) is 4.12. The lowest BCUT2D eigenvalue weighted by molar-refractivity contribution is 0.581. The number of rotatable bonds is 5. The maximum Gasteiger partial charge on any atom is 0.241 e. The van der Waals surface area contributed by atoms with Gasteiger partial charge >= 0.3 is 0 Å². The van der Waals surface area contributed by atoms with Crippen LogP contribution in [0.2, 0.25) is 0 Å². The molecule has 0 aliphatic carbocycles. The summed E-state index contributed by atoms with van der Waals surface area (Å²) in [5, 5.41) is 9.95. The minimum atomic E-state index is -3.67. The molecule has 110 valence electrons. The largest absolute Gasteiger partial charge is 0.247 e. The summed E-state index contributed by atoms with van der Waals surface area (Å²) in [5.74, 6) is 0. The van der Waals surface area contributed by atoms with Gasteiger partial charge in [0.05, 0.1) is 21.2 Å². The molecule has 21 heavy (non-hydrogen) atoms. The number of benzene rings is 1. The van der Waals surface area contributed by atoms with Crippen LogP contribution in [0.5, 0.6) is 0 Å². The van der Waals surface area contributed by atoms with Crippen molar-refractivity contribution < 1.29 is 8.42 Å². The number of aryl methyl sites for hydroxylation is 2. The molecule has 7 heteroatoms. The summed E-state index contributed by atoms with van der Waals surface area (Å²) in [6, 6.07) is 8.06. The molecule has 2 aromatic rings. The third kappa shape index (κ3) is 3.67. The van der Waals surface area contributed by atoms with E-state index in [9.17, 15) is 8.42 Å². The Hall–Kier alpha value is -1.75. The Kier molecular flexibility index (Phi) is 4.73. The van der Waals surface area contributed by atoms with Crippen LogP contribution in [0.3, 0.4) is 0 Å². The van der Waals surface area contributed by atoms with Gasteiger partial charge in [-0.2, -0.15) is 5.26 Å². The lowest BCUT2D eigenvalue weighted by Crippen LogP contribution is -2.26. The Morgan fingerprint density at radius 2 is 2.05 bits per heavy atom. The van der Waals surface area contributed by atoms with Crippen LogP contribution in [0.1, 0.15) is 21.1 Å². The van der Waals surface area contributed by atoms with Crippen molar-refractivity contribution >= 4 is 21.4 Å². The van der Waals surface area contributed by atoms with Crippen LogP contribution in [-0.4, -0.2) is 19.9 Å². The highest BCUT2D eigenvalue weighted by Crippen LogP contribution is 2.18. The van der Waals surface area contributed by atoms with Crippen LogP contribution < -0.4 is 4.72 Å². The van der Waals surface area contributed by atoms with E-state index in [4.69, 9.17) is 5.26 Å². The SMILES string of the molecule is Cc1nc(C)c(CCNS(=O)(=O)c2ccccc2C#N)s1. The fourth-order valence-electron chi connectivity index (χ4n) is 1.98. The summed E-state index contributed by atoms with van der Waals surface area (Å²) in [7, 11) is -3.67. The first-order valence-corrected chi connectivity index (χ1v) is 8.65. The van der Waals surface area contributed by atoms with Gasteiger partial charge in [-0.1, -0.05) is 12.1 Å². The number of thiazole rings is 1. The van der Waals surface area contributed by atoms with E-state index in [-0.39, 0.29) is 17.0 Å². The first-order valence-electron chi connectivity index (χ1n) is 6.36. The van der Waals surface area contributed by atoms with Crippen LogP contribution >= 0.6 is 11.3 Å². The lowest BCUT2D eigenvalue weighted by atomic mass is 10.2. The highest BCUT2D eigenvalue weighted by Gasteiger charge is 2.17. The van der Waals surface area contributed by atoms with Crippen molar-refractivity contribution in [1.29, 1.82) is 5.26 Å². The Bertz CT molecular complexity index is 789. The van der Waals surface area contributed by atoms with Gasteiger partial charge in [0.1, 0.15) is 6.07 Å². The maximum absolute atomic E-state index is 12.2. The molecule has 0 bridgehead atoms. The van der Waals surface area contributed by atoms with Crippen molar-refractivity contribution in [2.24, 2.45) is 0 Å². The Labute approximate surface area is 128 Å². The first-order chi connectivity index (χ1) is 9.94. The number of sulfonamides is 1. The van der Waals surface area contributed by atoms with Crippen LogP contribution in [0.4, 0.5) is 0 Å². The maximum atomic E-state index is 12.2. The molecular weight excluding hydrogens is 306 g/mol. The summed E-state index contributed by atoms with van der Waals surface area (Å²) in [6.07, 6.45) is 0.589. The van der Waals surface area contributed by atoms with E-state index in [1.807, 2.05) is 19.9 Å². The number of hydrogen-bond acceptors (Lipinski definition) is 5. The standard InChI is InChI=1S/C14H15N3O2S2/c1-10-13(20-11(2)17-10)7-8-16-21(18,19)14-6-4-3-5-12(14)9-15/h3-6,16H,7-8H2,1-2H3. The summed E-state index contributed by atoms with van der Waals surface area (Å²) in [4.78, 5) is 5.40. The molecule has 0 fully saturated rings. The topological polar surface area (TPSA) is 82.8 Å². The molecule has 1 heterocycles. The average Bonchev–Trinajstić information content (AvgIpc) is 2.77. The lowest BCUT2D eigenvalue weighted by Gasteiger charge is -2.07. The van der Waals surface area contributed by atoms with E-state index in [1.54, 1.807) is 23.5 Å². The van der Waals surface area contributed by atoms with Gasteiger partial charge in [0.15, 0.2) is 0 Å².